The second kappa shape index (κ2) is 6.86. The molecule has 1 aliphatic carbocycles. The van der Waals surface area contributed by atoms with Crippen LogP contribution in [0.15, 0.2) is 18.2 Å². The molecule has 0 amide bonds. The van der Waals surface area contributed by atoms with Gasteiger partial charge in [-0.05, 0) is 36.5 Å². The predicted octanol–water partition coefficient (Wildman–Crippen LogP) is 4.31. The van der Waals surface area contributed by atoms with E-state index in [2.05, 4.69) is 0 Å². The van der Waals surface area contributed by atoms with Crippen molar-refractivity contribution in [3.8, 4) is 0 Å². The molecular formula is C14H16ClF6NO. The van der Waals surface area contributed by atoms with E-state index in [4.69, 9.17) is 5.73 Å². The fraction of sp³-hybridized carbons (Fsp3) is 0.571. The van der Waals surface area contributed by atoms with Gasteiger partial charge in [-0.2, -0.15) is 26.3 Å². The van der Waals surface area contributed by atoms with Crippen molar-refractivity contribution in [3.05, 3.63) is 34.9 Å². The van der Waals surface area contributed by atoms with Gasteiger partial charge in [-0.15, -0.1) is 12.4 Å². The standard InChI is InChI=1S/C14H15F6NO.ClH/c15-13(16,17)8-4-5-9(10(6-8)14(18,19)20)11(21)12(22)7-2-1-3-7;/h4-7,11-12,22H,1-3,21H2;1H/t11-,12+;/m1./s1. The van der Waals surface area contributed by atoms with Gasteiger partial charge in [0.25, 0.3) is 0 Å². The highest BCUT2D eigenvalue weighted by Gasteiger charge is 2.41. The average molecular weight is 364 g/mol. The van der Waals surface area contributed by atoms with Crippen LogP contribution in [0.3, 0.4) is 0 Å². The minimum Gasteiger partial charge on any atom is -0.391 e. The summed E-state index contributed by atoms with van der Waals surface area (Å²) < 4.78 is 76.9. The summed E-state index contributed by atoms with van der Waals surface area (Å²) in [6.45, 7) is 0. The van der Waals surface area contributed by atoms with Gasteiger partial charge in [0.05, 0.1) is 23.3 Å². The highest BCUT2D eigenvalue weighted by atomic mass is 35.5. The Morgan fingerprint density at radius 3 is 2.00 bits per heavy atom. The zero-order chi connectivity index (χ0) is 16.7. The van der Waals surface area contributed by atoms with Crippen LogP contribution in [0.1, 0.15) is 42.0 Å². The number of hydrogen-bond acceptors (Lipinski definition) is 2. The van der Waals surface area contributed by atoms with E-state index in [0.29, 0.717) is 25.0 Å². The maximum atomic E-state index is 13.0. The van der Waals surface area contributed by atoms with Crippen LogP contribution in [0.2, 0.25) is 0 Å². The van der Waals surface area contributed by atoms with Crippen LogP contribution in [0.5, 0.6) is 0 Å². The molecule has 0 spiro atoms. The van der Waals surface area contributed by atoms with E-state index in [0.717, 1.165) is 6.42 Å². The Morgan fingerprint density at radius 1 is 1.04 bits per heavy atom. The van der Waals surface area contributed by atoms with Gasteiger partial charge < -0.3 is 10.8 Å². The smallest absolute Gasteiger partial charge is 0.391 e. The lowest BCUT2D eigenvalue weighted by atomic mass is 9.77. The summed E-state index contributed by atoms with van der Waals surface area (Å²) in [6, 6.07) is -0.0667. The van der Waals surface area contributed by atoms with Crippen molar-refractivity contribution in [1.82, 2.24) is 0 Å². The molecule has 0 heterocycles. The minimum absolute atomic E-state index is 0. The quantitative estimate of drug-likeness (QED) is 0.786. The van der Waals surface area contributed by atoms with Gasteiger partial charge in [0.15, 0.2) is 0 Å². The van der Waals surface area contributed by atoms with Crippen LogP contribution >= 0.6 is 12.4 Å². The lowest BCUT2D eigenvalue weighted by Crippen LogP contribution is -2.37. The van der Waals surface area contributed by atoms with Crippen molar-refractivity contribution in [1.29, 1.82) is 0 Å². The van der Waals surface area contributed by atoms with Crippen LogP contribution in [0.25, 0.3) is 0 Å². The first-order valence-corrected chi connectivity index (χ1v) is 6.74. The van der Waals surface area contributed by atoms with E-state index in [1.54, 1.807) is 0 Å². The molecule has 23 heavy (non-hydrogen) atoms. The lowest BCUT2D eigenvalue weighted by Gasteiger charge is -2.34. The molecule has 0 aliphatic heterocycles. The van der Waals surface area contributed by atoms with E-state index in [1.165, 1.54) is 0 Å². The fourth-order valence-electron chi connectivity index (χ4n) is 2.53. The summed E-state index contributed by atoms with van der Waals surface area (Å²) in [5.74, 6) is -0.210. The molecule has 3 N–H and O–H groups in total. The van der Waals surface area contributed by atoms with Crippen LogP contribution in [0.4, 0.5) is 26.3 Å². The first-order valence-electron chi connectivity index (χ1n) is 6.74. The van der Waals surface area contributed by atoms with Crippen molar-refractivity contribution in [2.45, 2.75) is 43.8 Å². The van der Waals surface area contributed by atoms with Gasteiger partial charge >= 0.3 is 12.4 Å². The summed E-state index contributed by atoms with van der Waals surface area (Å²) in [7, 11) is 0. The molecule has 0 saturated heterocycles. The molecule has 1 saturated carbocycles. The number of aliphatic hydroxyl groups is 1. The van der Waals surface area contributed by atoms with Crippen molar-refractivity contribution < 1.29 is 31.4 Å². The summed E-state index contributed by atoms with van der Waals surface area (Å²) in [6.07, 6.45) is -8.91. The van der Waals surface area contributed by atoms with Gasteiger partial charge in [0, 0.05) is 0 Å². The Kier molecular flexibility index (Phi) is 5.98. The Balaban J connectivity index is 0.00000264. The molecule has 2 rings (SSSR count). The molecule has 0 aromatic heterocycles. The molecule has 0 radical (unpaired) electrons. The Labute approximate surface area is 135 Å². The second-order valence-electron chi connectivity index (χ2n) is 5.50. The number of hydrogen-bond donors (Lipinski definition) is 2. The van der Waals surface area contributed by atoms with E-state index < -0.39 is 41.2 Å². The van der Waals surface area contributed by atoms with E-state index in [1.807, 2.05) is 0 Å². The van der Waals surface area contributed by atoms with Crippen molar-refractivity contribution >= 4 is 12.4 Å². The Hall–Kier alpha value is -0.990. The monoisotopic (exact) mass is 363 g/mol. The van der Waals surface area contributed by atoms with Crippen LogP contribution in [-0.4, -0.2) is 11.2 Å². The van der Waals surface area contributed by atoms with E-state index >= 15 is 0 Å². The topological polar surface area (TPSA) is 46.2 Å². The highest BCUT2D eigenvalue weighted by molar-refractivity contribution is 5.85. The van der Waals surface area contributed by atoms with Crippen LogP contribution in [-0.2, 0) is 12.4 Å². The Bertz CT molecular complexity index is 541. The van der Waals surface area contributed by atoms with Gasteiger partial charge in [-0.25, -0.2) is 0 Å². The van der Waals surface area contributed by atoms with Crippen LogP contribution in [0, 0.1) is 5.92 Å². The number of alkyl halides is 6. The second-order valence-corrected chi connectivity index (χ2v) is 5.50. The first-order chi connectivity index (χ1) is 10.0. The molecule has 1 aromatic carbocycles. The number of nitrogens with two attached hydrogens (primary N) is 1. The number of benzene rings is 1. The van der Waals surface area contributed by atoms with Crippen molar-refractivity contribution in [2.24, 2.45) is 11.7 Å². The molecule has 0 unspecified atom stereocenters. The van der Waals surface area contributed by atoms with Crippen molar-refractivity contribution in [3.63, 3.8) is 0 Å². The molecular weight excluding hydrogens is 348 g/mol. The number of halogens is 7. The van der Waals surface area contributed by atoms with Gasteiger partial charge in [-0.1, -0.05) is 12.5 Å². The zero-order valence-electron chi connectivity index (χ0n) is 11.8. The highest BCUT2D eigenvalue weighted by Crippen LogP contribution is 2.41. The lowest BCUT2D eigenvalue weighted by molar-refractivity contribution is -0.143. The largest absolute Gasteiger partial charge is 0.416 e. The maximum absolute atomic E-state index is 13.0. The summed E-state index contributed by atoms with van der Waals surface area (Å²) >= 11 is 0. The van der Waals surface area contributed by atoms with Gasteiger partial charge in [0.2, 0.25) is 0 Å². The maximum Gasteiger partial charge on any atom is 0.416 e. The third-order valence-electron chi connectivity index (χ3n) is 4.05. The normalized spacial score (nSPS) is 18.8. The molecule has 132 valence electrons. The first kappa shape index (κ1) is 20.1. The average Bonchev–Trinajstić information content (AvgIpc) is 2.32. The van der Waals surface area contributed by atoms with Gasteiger partial charge in [0.1, 0.15) is 0 Å². The van der Waals surface area contributed by atoms with E-state index in [9.17, 15) is 31.4 Å². The number of rotatable bonds is 3. The van der Waals surface area contributed by atoms with Crippen LogP contribution < -0.4 is 5.73 Å². The van der Waals surface area contributed by atoms with Crippen molar-refractivity contribution in [2.75, 3.05) is 0 Å². The fourth-order valence-corrected chi connectivity index (χ4v) is 2.53. The minimum atomic E-state index is -4.98. The van der Waals surface area contributed by atoms with E-state index in [-0.39, 0.29) is 24.4 Å². The summed E-state index contributed by atoms with van der Waals surface area (Å²) in [4.78, 5) is 0. The zero-order valence-corrected chi connectivity index (χ0v) is 12.6. The third kappa shape index (κ3) is 4.30. The third-order valence-corrected chi connectivity index (χ3v) is 4.05. The number of aliphatic hydroxyl groups excluding tert-OH is 1. The predicted molar refractivity (Wildman–Crippen MR) is 74.0 cm³/mol. The van der Waals surface area contributed by atoms with Gasteiger partial charge in [-0.3, -0.25) is 0 Å². The Morgan fingerprint density at radius 2 is 1.61 bits per heavy atom. The summed E-state index contributed by atoms with van der Waals surface area (Å²) in [5.41, 5.74) is 2.32. The molecule has 2 atom stereocenters. The molecule has 1 aromatic rings. The molecule has 1 aliphatic rings. The SMILES string of the molecule is Cl.N[C@H](c1ccc(C(F)(F)F)cc1C(F)(F)F)[C@@H](O)C1CCC1. The molecule has 1 fully saturated rings. The molecule has 0 bridgehead atoms. The molecule has 2 nitrogen and oxygen atoms in total. The summed E-state index contributed by atoms with van der Waals surface area (Å²) in [5, 5.41) is 10.00. The molecule has 9 heteroatoms.